The molecule has 0 fully saturated rings. The zero-order valence-corrected chi connectivity index (χ0v) is 13.9. The number of nitrogens with zero attached hydrogens (tertiary/aromatic N) is 3. The van der Waals surface area contributed by atoms with Crippen LogP contribution in [0.3, 0.4) is 0 Å². The summed E-state index contributed by atoms with van der Waals surface area (Å²) in [7, 11) is 0. The van der Waals surface area contributed by atoms with E-state index in [0.717, 1.165) is 0 Å². The van der Waals surface area contributed by atoms with Gasteiger partial charge in [0, 0.05) is 17.5 Å². The summed E-state index contributed by atoms with van der Waals surface area (Å²) in [6, 6.07) is 1.41. The average molecular weight is 369 g/mol. The van der Waals surface area contributed by atoms with Crippen LogP contribution in [0.1, 0.15) is 11.3 Å². The van der Waals surface area contributed by atoms with Crippen LogP contribution in [-0.4, -0.2) is 39.9 Å². The number of ether oxygens (including phenoxy) is 1. The summed E-state index contributed by atoms with van der Waals surface area (Å²) >= 11 is 1.32. The van der Waals surface area contributed by atoms with E-state index in [1.54, 1.807) is 25.2 Å². The Morgan fingerprint density at radius 2 is 2.12 bits per heavy atom. The minimum atomic E-state index is -4.39. The van der Waals surface area contributed by atoms with Crippen molar-refractivity contribution in [2.75, 3.05) is 6.61 Å². The summed E-state index contributed by atoms with van der Waals surface area (Å²) in [4.78, 5) is 12.8. The second-order valence-corrected chi connectivity index (χ2v) is 6.31. The molecule has 3 rings (SSSR count). The molecule has 0 saturated carbocycles. The van der Waals surface area contributed by atoms with E-state index in [4.69, 9.17) is 4.74 Å². The zero-order chi connectivity index (χ0) is 18.0. The SMILES string of the molecule is Cc1c(OCC(F)(F)F)ccnc1CSC1=NC2=C[C@H](O)C=CC2=N1. The third-order valence-electron chi connectivity index (χ3n) is 3.46. The molecule has 0 bridgehead atoms. The van der Waals surface area contributed by atoms with Crippen molar-refractivity contribution in [3.8, 4) is 5.75 Å². The number of amidine groups is 1. The van der Waals surface area contributed by atoms with Gasteiger partial charge >= 0.3 is 6.18 Å². The van der Waals surface area contributed by atoms with Crippen LogP contribution in [0, 0.1) is 6.92 Å². The summed E-state index contributed by atoms with van der Waals surface area (Å²) in [5.41, 5.74) is 2.45. The van der Waals surface area contributed by atoms with E-state index in [-0.39, 0.29) is 5.75 Å². The van der Waals surface area contributed by atoms with Gasteiger partial charge in [-0.3, -0.25) is 4.98 Å². The van der Waals surface area contributed by atoms with Crippen LogP contribution in [0.5, 0.6) is 5.75 Å². The van der Waals surface area contributed by atoms with E-state index < -0.39 is 18.9 Å². The molecular formula is C16H14F3N3O2S. The second kappa shape index (κ2) is 7.01. The third-order valence-corrected chi connectivity index (χ3v) is 4.32. The largest absolute Gasteiger partial charge is 0.484 e. The van der Waals surface area contributed by atoms with E-state index in [1.807, 2.05) is 0 Å². The molecule has 0 amide bonds. The van der Waals surface area contributed by atoms with Crippen molar-refractivity contribution in [3.05, 3.63) is 47.4 Å². The predicted octanol–water partition coefficient (Wildman–Crippen LogP) is 3.19. The highest BCUT2D eigenvalue weighted by Gasteiger charge is 2.29. The zero-order valence-electron chi connectivity index (χ0n) is 13.1. The lowest BCUT2D eigenvalue weighted by Crippen LogP contribution is -2.19. The molecule has 1 aliphatic heterocycles. The van der Waals surface area contributed by atoms with Gasteiger partial charge in [-0.2, -0.15) is 13.2 Å². The first kappa shape index (κ1) is 17.7. The fraction of sp³-hybridized carbons (Fsp3) is 0.312. The third kappa shape index (κ3) is 4.49. The van der Waals surface area contributed by atoms with E-state index in [1.165, 1.54) is 24.0 Å². The maximum atomic E-state index is 12.3. The Hall–Kier alpha value is -2.13. The number of alkyl halides is 3. The number of aliphatic imine (C=N–C) groups is 2. The summed E-state index contributed by atoms with van der Waals surface area (Å²) < 4.78 is 41.7. The molecule has 1 N–H and O–H groups in total. The Labute approximate surface area is 146 Å². The lowest BCUT2D eigenvalue weighted by Gasteiger charge is -2.13. The molecule has 1 aliphatic carbocycles. The number of aromatic nitrogens is 1. The van der Waals surface area contributed by atoms with Crippen LogP contribution in [0.4, 0.5) is 13.2 Å². The maximum absolute atomic E-state index is 12.3. The molecule has 2 heterocycles. The number of aliphatic hydroxyl groups excluding tert-OH is 1. The Balaban J connectivity index is 1.66. The standard InChI is InChI=1S/C16H14F3N3O2S/c1-9-13(20-5-4-14(9)24-8-16(17,18)19)7-25-15-21-11-3-2-10(23)6-12(11)22-15/h2-6,10,23H,7-8H2,1H3/t10-/m1/s1. The molecule has 0 spiro atoms. The quantitative estimate of drug-likeness (QED) is 0.885. The maximum Gasteiger partial charge on any atom is 0.422 e. The normalized spacial score (nSPS) is 19.2. The van der Waals surface area contributed by atoms with Crippen LogP contribution in [0.25, 0.3) is 0 Å². The number of thioether (sulfide) groups is 1. The van der Waals surface area contributed by atoms with Crippen molar-refractivity contribution < 1.29 is 23.0 Å². The average Bonchev–Trinajstić information content (AvgIpc) is 2.94. The van der Waals surface area contributed by atoms with Crippen molar-refractivity contribution >= 4 is 22.6 Å². The summed E-state index contributed by atoms with van der Waals surface area (Å²) in [5.74, 6) is 0.551. The van der Waals surface area contributed by atoms with Crippen LogP contribution < -0.4 is 4.74 Å². The Kier molecular flexibility index (Phi) is 4.96. The molecule has 1 aromatic heterocycles. The molecule has 132 valence electrons. The van der Waals surface area contributed by atoms with Gasteiger partial charge in [0.25, 0.3) is 0 Å². The van der Waals surface area contributed by atoms with Gasteiger partial charge in [0.1, 0.15) is 5.75 Å². The molecule has 0 aromatic carbocycles. The Bertz CT molecular complexity index is 800. The van der Waals surface area contributed by atoms with Gasteiger partial charge in [-0.15, -0.1) is 0 Å². The number of allylic oxidation sites excluding steroid dienone is 1. The van der Waals surface area contributed by atoms with Gasteiger partial charge < -0.3 is 9.84 Å². The van der Waals surface area contributed by atoms with Gasteiger partial charge in [-0.1, -0.05) is 17.8 Å². The fourth-order valence-corrected chi connectivity index (χ4v) is 3.10. The number of pyridine rings is 1. The second-order valence-electron chi connectivity index (χ2n) is 5.37. The minimum absolute atomic E-state index is 0.157. The van der Waals surface area contributed by atoms with Gasteiger partial charge in [0.15, 0.2) is 11.8 Å². The molecule has 0 saturated heterocycles. The fourth-order valence-electron chi connectivity index (χ4n) is 2.22. The number of rotatable bonds is 4. The van der Waals surface area contributed by atoms with Crippen molar-refractivity contribution in [2.24, 2.45) is 9.98 Å². The number of hydrogen-bond donors (Lipinski definition) is 1. The molecule has 1 atom stereocenters. The van der Waals surface area contributed by atoms with Crippen molar-refractivity contribution in [3.63, 3.8) is 0 Å². The molecule has 5 nitrogen and oxygen atoms in total. The Morgan fingerprint density at radius 1 is 1.32 bits per heavy atom. The first-order valence-corrected chi connectivity index (χ1v) is 8.33. The molecule has 25 heavy (non-hydrogen) atoms. The summed E-state index contributed by atoms with van der Waals surface area (Å²) in [6.45, 7) is 0.325. The molecular weight excluding hydrogens is 355 g/mol. The van der Waals surface area contributed by atoms with Crippen LogP contribution in [0.15, 0.2) is 46.2 Å². The van der Waals surface area contributed by atoms with Gasteiger partial charge in [-0.25, -0.2) is 9.98 Å². The van der Waals surface area contributed by atoms with E-state index in [0.29, 0.717) is 33.6 Å². The van der Waals surface area contributed by atoms with Gasteiger partial charge in [-0.05, 0) is 25.1 Å². The highest BCUT2D eigenvalue weighted by atomic mass is 32.2. The first-order valence-electron chi connectivity index (χ1n) is 7.34. The highest BCUT2D eigenvalue weighted by molar-refractivity contribution is 8.13. The smallest absolute Gasteiger partial charge is 0.422 e. The number of halogens is 3. The topological polar surface area (TPSA) is 67.1 Å². The van der Waals surface area contributed by atoms with Crippen LogP contribution in [0.2, 0.25) is 0 Å². The molecule has 0 radical (unpaired) electrons. The predicted molar refractivity (Wildman–Crippen MR) is 89.9 cm³/mol. The van der Waals surface area contributed by atoms with Crippen molar-refractivity contribution in [1.29, 1.82) is 0 Å². The molecule has 0 unspecified atom stereocenters. The highest BCUT2D eigenvalue weighted by Crippen LogP contribution is 2.28. The number of hydrogen-bond acceptors (Lipinski definition) is 6. The number of aliphatic hydroxyl groups is 1. The van der Waals surface area contributed by atoms with Gasteiger partial charge in [0.2, 0.25) is 0 Å². The lowest BCUT2D eigenvalue weighted by atomic mass is 10.1. The van der Waals surface area contributed by atoms with Crippen LogP contribution >= 0.6 is 11.8 Å². The van der Waals surface area contributed by atoms with Gasteiger partial charge in [0.05, 0.1) is 23.2 Å². The molecule has 2 aliphatic rings. The Morgan fingerprint density at radius 3 is 2.88 bits per heavy atom. The number of fused-ring (bicyclic) bond motifs is 1. The van der Waals surface area contributed by atoms with E-state index >= 15 is 0 Å². The lowest BCUT2D eigenvalue weighted by molar-refractivity contribution is -0.153. The minimum Gasteiger partial charge on any atom is -0.484 e. The van der Waals surface area contributed by atoms with Crippen molar-refractivity contribution in [1.82, 2.24) is 4.98 Å². The molecule has 1 aromatic rings. The monoisotopic (exact) mass is 369 g/mol. The summed E-state index contributed by atoms with van der Waals surface area (Å²) in [5, 5.41) is 10.0. The van der Waals surface area contributed by atoms with E-state index in [9.17, 15) is 18.3 Å². The molecule has 9 heteroatoms. The van der Waals surface area contributed by atoms with Crippen LogP contribution in [-0.2, 0) is 5.75 Å². The first-order chi connectivity index (χ1) is 11.8. The summed E-state index contributed by atoms with van der Waals surface area (Å²) in [6.07, 6.45) is 1.26. The van der Waals surface area contributed by atoms with E-state index in [2.05, 4.69) is 15.0 Å². The van der Waals surface area contributed by atoms with Crippen molar-refractivity contribution in [2.45, 2.75) is 25.0 Å².